The van der Waals surface area contributed by atoms with E-state index in [-0.39, 0.29) is 0 Å². The van der Waals surface area contributed by atoms with Crippen molar-refractivity contribution in [1.29, 1.82) is 0 Å². The van der Waals surface area contributed by atoms with E-state index in [4.69, 9.17) is 9.47 Å². The largest absolute Gasteiger partial charge is 0.456 e. The monoisotopic (exact) mass is 376 g/mol. The molecule has 1 atom stereocenters. The molecule has 0 spiro atoms. The van der Waals surface area contributed by atoms with Crippen LogP contribution in [0.2, 0.25) is 0 Å². The number of pyridine rings is 1. The fourth-order valence-corrected chi connectivity index (χ4v) is 3.25. The number of nitrogens with zero attached hydrogens (tertiary/aromatic N) is 1. The highest BCUT2D eigenvalue weighted by atomic mass is 32.2. The lowest BCUT2D eigenvalue weighted by Gasteiger charge is -2.24. The minimum atomic E-state index is -3.76. The summed E-state index contributed by atoms with van der Waals surface area (Å²) in [6.45, 7) is 2.59. The maximum absolute atomic E-state index is 13.0. The Kier molecular flexibility index (Phi) is 4.19. The quantitative estimate of drug-likeness (QED) is 0.801. The van der Waals surface area contributed by atoms with Gasteiger partial charge in [-0.2, -0.15) is 0 Å². The van der Waals surface area contributed by atoms with Crippen molar-refractivity contribution in [2.45, 2.75) is 19.4 Å². The molecule has 1 aliphatic rings. The van der Waals surface area contributed by atoms with Gasteiger partial charge in [0.05, 0.1) is 11.8 Å². The number of sulfonamides is 1. The number of ketones is 1. The number of benzene rings is 1. The topological polar surface area (TPSA) is 112 Å². The molecule has 1 N–H and O–H groups in total. The van der Waals surface area contributed by atoms with Crippen molar-refractivity contribution in [3.8, 4) is 0 Å². The first-order chi connectivity index (χ1) is 12.1. The van der Waals surface area contributed by atoms with Crippen molar-refractivity contribution in [3.63, 3.8) is 0 Å². The molecule has 0 fully saturated rings. The smallest absolute Gasteiger partial charge is 0.308 e. The summed E-state index contributed by atoms with van der Waals surface area (Å²) in [4.78, 5) is 28.6. The first-order valence-electron chi connectivity index (χ1n) is 7.60. The van der Waals surface area contributed by atoms with Crippen LogP contribution < -0.4 is 4.72 Å². The van der Waals surface area contributed by atoms with Crippen molar-refractivity contribution < 1.29 is 27.5 Å². The molecule has 0 saturated carbocycles. The molecule has 1 aromatic carbocycles. The molecular formula is C17H16N2O6S. The molecule has 2 aromatic rings. The zero-order chi connectivity index (χ0) is 19.1. The molecular weight excluding hydrogens is 360 g/mol. The Bertz CT molecular complexity index is 1050. The molecule has 0 aliphatic carbocycles. The third kappa shape index (κ3) is 3.13. The van der Waals surface area contributed by atoms with Crippen molar-refractivity contribution in [2.75, 3.05) is 6.26 Å². The number of ether oxygens (including phenoxy) is 2. The molecule has 26 heavy (non-hydrogen) atoms. The fraction of sp³-hybridized carbons (Fsp3) is 0.235. The normalized spacial score (nSPS) is 20.2. The number of hydrogen-bond acceptors (Lipinski definition) is 7. The third-order valence-corrected chi connectivity index (χ3v) is 4.40. The van der Waals surface area contributed by atoms with Crippen LogP contribution in [0.3, 0.4) is 0 Å². The van der Waals surface area contributed by atoms with Crippen LogP contribution in [0.15, 0.2) is 48.2 Å². The van der Waals surface area contributed by atoms with Crippen LogP contribution in [-0.4, -0.2) is 31.4 Å². The second-order valence-corrected chi connectivity index (χ2v) is 7.71. The molecule has 0 saturated heterocycles. The van der Waals surface area contributed by atoms with E-state index in [2.05, 4.69) is 9.71 Å². The number of rotatable bonds is 4. The predicted molar refractivity (Wildman–Crippen MR) is 92.0 cm³/mol. The van der Waals surface area contributed by atoms with Gasteiger partial charge in [-0.3, -0.25) is 19.3 Å². The van der Waals surface area contributed by atoms with E-state index >= 15 is 0 Å². The van der Waals surface area contributed by atoms with E-state index in [0.29, 0.717) is 16.5 Å². The van der Waals surface area contributed by atoms with E-state index in [1.165, 1.54) is 13.1 Å². The van der Waals surface area contributed by atoms with Gasteiger partial charge < -0.3 is 9.47 Å². The van der Waals surface area contributed by atoms with Crippen LogP contribution in [0.1, 0.15) is 19.4 Å². The second-order valence-electron chi connectivity index (χ2n) is 5.97. The first-order valence-corrected chi connectivity index (χ1v) is 9.49. The van der Waals surface area contributed by atoms with Crippen molar-refractivity contribution >= 4 is 32.7 Å². The summed E-state index contributed by atoms with van der Waals surface area (Å²) in [5.41, 5.74) is -0.468. The molecule has 1 unspecified atom stereocenters. The zero-order valence-corrected chi connectivity index (χ0v) is 15.1. The summed E-state index contributed by atoms with van der Waals surface area (Å²) in [5.74, 6) is -2.34. The van der Waals surface area contributed by atoms with Gasteiger partial charge in [0.25, 0.3) is 5.78 Å². The lowest BCUT2D eigenvalue weighted by Crippen LogP contribution is -2.32. The van der Waals surface area contributed by atoms with Gasteiger partial charge in [0.15, 0.2) is 5.60 Å². The van der Waals surface area contributed by atoms with Gasteiger partial charge in [0.1, 0.15) is 0 Å². The number of carbonyl (C=O) groups excluding carboxylic acids is 2. The maximum Gasteiger partial charge on any atom is 0.308 e. The number of fused-ring (bicyclic) bond motifs is 1. The Morgan fingerprint density at radius 3 is 2.62 bits per heavy atom. The number of aromatic nitrogens is 1. The van der Waals surface area contributed by atoms with E-state index in [0.717, 1.165) is 13.2 Å². The van der Waals surface area contributed by atoms with E-state index in [9.17, 15) is 18.0 Å². The minimum absolute atomic E-state index is 0.420. The SMILES string of the molecule is CC(=O)OC1=C(NS(C)(=O)=O)OC(C)(c2ccnc3ccccc23)C1=O. The summed E-state index contributed by atoms with van der Waals surface area (Å²) >= 11 is 0. The van der Waals surface area contributed by atoms with Crippen LogP contribution in [0, 0.1) is 0 Å². The number of esters is 1. The van der Waals surface area contributed by atoms with Crippen LogP contribution in [-0.2, 0) is 34.7 Å². The Labute approximate surface area is 149 Å². The molecule has 0 amide bonds. The summed E-state index contributed by atoms with van der Waals surface area (Å²) in [6, 6.07) is 8.74. The molecule has 0 radical (unpaired) electrons. The Hall–Kier alpha value is -2.94. The standard InChI is InChI=1S/C17H16N2O6S/c1-10(20)24-14-15(21)17(2,25-16(14)19-26(3,22)23)12-8-9-18-13-7-5-4-6-11(12)13/h4-9,19H,1-3H3. The lowest BCUT2D eigenvalue weighted by atomic mass is 9.89. The van der Waals surface area contributed by atoms with Gasteiger partial charge in [-0.05, 0) is 19.1 Å². The number of nitrogens with one attached hydrogen (secondary N) is 1. The summed E-state index contributed by atoms with van der Waals surface area (Å²) in [6.07, 6.45) is 2.42. The summed E-state index contributed by atoms with van der Waals surface area (Å²) < 4.78 is 35.9. The van der Waals surface area contributed by atoms with Gasteiger partial charge in [0.2, 0.25) is 21.7 Å². The number of carbonyl (C=O) groups is 2. The molecule has 3 rings (SSSR count). The molecule has 2 heterocycles. The van der Waals surface area contributed by atoms with Crippen LogP contribution >= 0.6 is 0 Å². The predicted octanol–water partition coefficient (Wildman–Crippen LogP) is 1.33. The van der Waals surface area contributed by atoms with Gasteiger partial charge in [-0.25, -0.2) is 8.42 Å². The van der Waals surface area contributed by atoms with Crippen molar-refractivity contribution in [3.05, 3.63) is 53.7 Å². The van der Waals surface area contributed by atoms with Gasteiger partial charge in [0, 0.05) is 24.1 Å². The maximum atomic E-state index is 13.0. The average molecular weight is 376 g/mol. The molecule has 1 aromatic heterocycles. The highest BCUT2D eigenvalue weighted by Crippen LogP contribution is 2.40. The molecule has 8 nitrogen and oxygen atoms in total. The van der Waals surface area contributed by atoms with Gasteiger partial charge in [-0.15, -0.1) is 0 Å². The highest BCUT2D eigenvalue weighted by Gasteiger charge is 2.50. The van der Waals surface area contributed by atoms with Crippen LogP contribution in [0.4, 0.5) is 0 Å². The fourth-order valence-electron chi connectivity index (χ4n) is 2.78. The molecule has 9 heteroatoms. The van der Waals surface area contributed by atoms with Gasteiger partial charge in [-0.1, -0.05) is 18.2 Å². The van der Waals surface area contributed by atoms with Crippen molar-refractivity contribution in [1.82, 2.24) is 9.71 Å². The summed E-state index contributed by atoms with van der Waals surface area (Å²) in [5, 5.41) is 0.661. The Morgan fingerprint density at radius 2 is 1.96 bits per heavy atom. The first kappa shape index (κ1) is 17.9. The average Bonchev–Trinajstić information content (AvgIpc) is 2.77. The number of para-hydroxylation sites is 1. The van der Waals surface area contributed by atoms with E-state index in [1.54, 1.807) is 30.3 Å². The Balaban J connectivity index is 2.14. The number of Topliss-reactive ketones (excluding diaryl/α,β-unsaturated/α-hetero) is 1. The van der Waals surface area contributed by atoms with Crippen LogP contribution in [0.5, 0.6) is 0 Å². The lowest BCUT2D eigenvalue weighted by molar-refractivity contribution is -0.142. The van der Waals surface area contributed by atoms with Crippen LogP contribution in [0.25, 0.3) is 10.9 Å². The molecule has 0 bridgehead atoms. The zero-order valence-electron chi connectivity index (χ0n) is 14.3. The molecule has 136 valence electrons. The summed E-state index contributed by atoms with van der Waals surface area (Å²) in [7, 11) is -3.76. The van der Waals surface area contributed by atoms with Crippen molar-refractivity contribution in [2.24, 2.45) is 0 Å². The second kappa shape index (κ2) is 6.10. The Morgan fingerprint density at radius 1 is 1.27 bits per heavy atom. The highest BCUT2D eigenvalue weighted by molar-refractivity contribution is 7.88. The third-order valence-electron chi connectivity index (χ3n) is 3.84. The minimum Gasteiger partial charge on any atom is -0.456 e. The van der Waals surface area contributed by atoms with E-state index < -0.39 is 39.0 Å². The van der Waals surface area contributed by atoms with Gasteiger partial charge >= 0.3 is 5.97 Å². The number of hydrogen-bond donors (Lipinski definition) is 1. The molecule has 1 aliphatic heterocycles. The van der Waals surface area contributed by atoms with E-state index in [1.807, 2.05) is 0 Å².